The van der Waals surface area contributed by atoms with Gasteiger partial charge < -0.3 is 19.3 Å². The van der Waals surface area contributed by atoms with E-state index in [1.54, 1.807) is 6.20 Å². The molecular formula is C25H29NO5. The number of carboxylic acids is 1. The molecule has 2 aromatic carbocycles. The van der Waals surface area contributed by atoms with E-state index in [0.717, 1.165) is 23.2 Å². The fourth-order valence-electron chi connectivity index (χ4n) is 2.80. The van der Waals surface area contributed by atoms with E-state index in [-0.39, 0.29) is 6.61 Å². The number of hydrogen-bond donors (Lipinski definition) is 1. The number of hydrogen-bond acceptors (Lipinski definition) is 5. The molecule has 1 heterocycles. The van der Waals surface area contributed by atoms with Crippen molar-refractivity contribution in [2.45, 2.75) is 33.8 Å². The number of aromatic nitrogens is 1. The summed E-state index contributed by atoms with van der Waals surface area (Å²) in [6, 6.07) is 18.8. The van der Waals surface area contributed by atoms with Gasteiger partial charge in [0.05, 0.1) is 6.61 Å². The lowest BCUT2D eigenvalue weighted by Gasteiger charge is -2.14. The molecule has 1 aromatic heterocycles. The molecule has 0 spiro atoms. The highest BCUT2D eigenvalue weighted by molar-refractivity contribution is 5.68. The van der Waals surface area contributed by atoms with Gasteiger partial charge in [-0.15, -0.1) is 0 Å². The first-order valence-corrected chi connectivity index (χ1v) is 10.3. The lowest BCUT2D eigenvalue weighted by atomic mass is 10.1. The lowest BCUT2D eigenvalue weighted by molar-refractivity contribution is -0.139. The van der Waals surface area contributed by atoms with Crippen molar-refractivity contribution in [1.82, 2.24) is 4.98 Å². The van der Waals surface area contributed by atoms with Gasteiger partial charge in [-0.05, 0) is 36.8 Å². The summed E-state index contributed by atoms with van der Waals surface area (Å²) < 4.78 is 17.1. The average molecular weight is 424 g/mol. The Balaban J connectivity index is 0.00000166. The number of ether oxygens (including phenoxy) is 3. The molecule has 0 aliphatic rings. The molecule has 6 nitrogen and oxygen atoms in total. The van der Waals surface area contributed by atoms with E-state index in [9.17, 15) is 4.79 Å². The van der Waals surface area contributed by atoms with E-state index >= 15 is 0 Å². The third kappa shape index (κ3) is 8.01. The number of aryl methyl sites for hydroxylation is 1. The molecule has 0 aliphatic carbocycles. The Hall–Kier alpha value is -3.54. The third-order valence-corrected chi connectivity index (χ3v) is 4.19. The second kappa shape index (κ2) is 12.9. The van der Waals surface area contributed by atoms with E-state index < -0.39 is 12.6 Å². The highest BCUT2D eigenvalue weighted by Gasteiger charge is 2.10. The minimum Gasteiger partial charge on any atom is -0.493 e. The van der Waals surface area contributed by atoms with Crippen molar-refractivity contribution in [3.05, 3.63) is 83.7 Å². The van der Waals surface area contributed by atoms with Crippen LogP contribution in [0.15, 0.2) is 66.9 Å². The predicted molar refractivity (Wildman–Crippen MR) is 120 cm³/mol. The van der Waals surface area contributed by atoms with Gasteiger partial charge in [0.2, 0.25) is 0 Å². The van der Waals surface area contributed by atoms with Gasteiger partial charge in [0.25, 0.3) is 0 Å². The highest BCUT2D eigenvalue weighted by Crippen LogP contribution is 2.26. The van der Waals surface area contributed by atoms with Crippen molar-refractivity contribution in [3.63, 3.8) is 0 Å². The average Bonchev–Trinajstić information content (AvgIpc) is 2.79. The Kier molecular flexibility index (Phi) is 9.88. The fourth-order valence-corrected chi connectivity index (χ4v) is 2.80. The van der Waals surface area contributed by atoms with Crippen LogP contribution in [0.1, 0.15) is 30.7 Å². The van der Waals surface area contributed by atoms with Crippen molar-refractivity contribution >= 4 is 5.97 Å². The molecule has 3 aromatic rings. The number of carboxylic acid groups (broad SMARTS) is 1. The quantitative estimate of drug-likeness (QED) is 0.490. The lowest BCUT2D eigenvalue weighted by Crippen LogP contribution is -2.12. The van der Waals surface area contributed by atoms with Crippen LogP contribution >= 0.6 is 0 Å². The van der Waals surface area contributed by atoms with Crippen molar-refractivity contribution in [1.29, 1.82) is 0 Å². The van der Waals surface area contributed by atoms with E-state index in [0.29, 0.717) is 23.9 Å². The van der Waals surface area contributed by atoms with Gasteiger partial charge in [-0.3, -0.25) is 4.98 Å². The maximum absolute atomic E-state index is 10.8. The molecule has 0 fully saturated rings. The SMILES string of the molecule is CC.Cc1cccc(COc2cccc(OCCc3ccccn3)c2)c1OCC(=O)O. The van der Waals surface area contributed by atoms with Gasteiger partial charge in [-0.25, -0.2) is 4.79 Å². The number of para-hydroxylation sites is 1. The van der Waals surface area contributed by atoms with Gasteiger partial charge in [0, 0.05) is 29.9 Å². The zero-order chi connectivity index (χ0) is 22.5. The molecule has 0 saturated carbocycles. The van der Waals surface area contributed by atoms with Crippen molar-refractivity contribution in [2.75, 3.05) is 13.2 Å². The van der Waals surface area contributed by atoms with Gasteiger partial charge >= 0.3 is 5.97 Å². The molecular weight excluding hydrogens is 394 g/mol. The summed E-state index contributed by atoms with van der Waals surface area (Å²) in [4.78, 5) is 15.1. The maximum atomic E-state index is 10.8. The molecule has 0 radical (unpaired) electrons. The third-order valence-electron chi connectivity index (χ3n) is 4.19. The maximum Gasteiger partial charge on any atom is 0.341 e. The Morgan fingerprint density at radius 2 is 1.68 bits per heavy atom. The van der Waals surface area contributed by atoms with Crippen LogP contribution in [0, 0.1) is 6.92 Å². The smallest absolute Gasteiger partial charge is 0.341 e. The summed E-state index contributed by atoms with van der Waals surface area (Å²) >= 11 is 0. The van der Waals surface area contributed by atoms with E-state index in [4.69, 9.17) is 19.3 Å². The minimum absolute atomic E-state index is 0.258. The first-order chi connectivity index (χ1) is 15.1. The molecule has 0 amide bonds. The van der Waals surface area contributed by atoms with Crippen LogP contribution in [0.4, 0.5) is 0 Å². The molecule has 0 aliphatic heterocycles. The van der Waals surface area contributed by atoms with E-state index in [1.807, 2.05) is 81.4 Å². The summed E-state index contributed by atoms with van der Waals surface area (Å²) in [5, 5.41) is 8.86. The Morgan fingerprint density at radius 1 is 0.935 bits per heavy atom. The van der Waals surface area contributed by atoms with Crippen LogP contribution in [-0.2, 0) is 17.8 Å². The van der Waals surface area contributed by atoms with Crippen LogP contribution in [0.5, 0.6) is 17.2 Å². The van der Waals surface area contributed by atoms with Gasteiger partial charge in [0.1, 0.15) is 23.9 Å². The first-order valence-electron chi connectivity index (χ1n) is 10.3. The minimum atomic E-state index is -1.02. The van der Waals surface area contributed by atoms with E-state index in [1.165, 1.54) is 0 Å². The monoisotopic (exact) mass is 423 g/mol. The zero-order valence-electron chi connectivity index (χ0n) is 18.2. The standard InChI is InChI=1S/C23H23NO5.C2H6/c1-17-6-4-7-18(23(17)29-16-22(25)26)15-28-21-10-5-9-20(14-21)27-13-11-19-8-2-3-12-24-19;1-2/h2-10,12,14H,11,13,15-16H2,1H3,(H,25,26);1-2H3. The largest absolute Gasteiger partial charge is 0.493 e. The number of benzene rings is 2. The molecule has 0 bridgehead atoms. The van der Waals surface area contributed by atoms with Crippen molar-refractivity contribution < 1.29 is 24.1 Å². The zero-order valence-corrected chi connectivity index (χ0v) is 18.2. The van der Waals surface area contributed by atoms with Gasteiger partial charge in [0.15, 0.2) is 6.61 Å². The topological polar surface area (TPSA) is 77.9 Å². The Labute approximate surface area is 183 Å². The van der Waals surface area contributed by atoms with Crippen LogP contribution < -0.4 is 14.2 Å². The van der Waals surface area contributed by atoms with Gasteiger partial charge in [-0.2, -0.15) is 0 Å². The summed E-state index contributed by atoms with van der Waals surface area (Å²) in [6.07, 6.45) is 2.49. The molecule has 0 saturated heterocycles. The number of pyridine rings is 1. The fraction of sp³-hybridized carbons (Fsp3) is 0.280. The second-order valence-corrected chi connectivity index (χ2v) is 6.43. The molecule has 3 rings (SSSR count). The van der Waals surface area contributed by atoms with Crippen molar-refractivity contribution in [2.24, 2.45) is 0 Å². The van der Waals surface area contributed by atoms with Crippen LogP contribution in [0.25, 0.3) is 0 Å². The molecule has 164 valence electrons. The molecule has 31 heavy (non-hydrogen) atoms. The molecule has 0 atom stereocenters. The van der Waals surface area contributed by atoms with Crippen LogP contribution in [0.2, 0.25) is 0 Å². The normalized spacial score (nSPS) is 9.90. The summed E-state index contributed by atoms with van der Waals surface area (Å²) in [5.41, 5.74) is 2.62. The Bertz CT molecular complexity index is 944. The highest BCUT2D eigenvalue weighted by atomic mass is 16.5. The number of carbonyl (C=O) groups is 1. The first kappa shape index (κ1) is 23.7. The number of aliphatic carboxylic acids is 1. The van der Waals surface area contributed by atoms with Gasteiger partial charge in [-0.1, -0.05) is 44.2 Å². The number of nitrogens with zero attached hydrogens (tertiary/aromatic N) is 1. The number of rotatable bonds is 10. The molecule has 6 heteroatoms. The molecule has 0 unspecified atom stereocenters. The van der Waals surface area contributed by atoms with E-state index in [2.05, 4.69) is 4.98 Å². The summed E-state index contributed by atoms with van der Waals surface area (Å²) in [6.45, 7) is 6.26. The molecule has 1 N–H and O–H groups in total. The second-order valence-electron chi connectivity index (χ2n) is 6.43. The summed E-state index contributed by atoms with van der Waals surface area (Å²) in [7, 11) is 0. The van der Waals surface area contributed by atoms with Crippen LogP contribution in [-0.4, -0.2) is 29.3 Å². The Morgan fingerprint density at radius 3 is 2.39 bits per heavy atom. The summed E-state index contributed by atoms with van der Waals surface area (Å²) in [5.74, 6) is 0.893. The van der Waals surface area contributed by atoms with Crippen LogP contribution in [0.3, 0.4) is 0 Å². The predicted octanol–water partition coefficient (Wildman–Crippen LogP) is 5.08. The van der Waals surface area contributed by atoms with Crippen molar-refractivity contribution in [3.8, 4) is 17.2 Å².